The maximum absolute atomic E-state index is 13.5. The van der Waals surface area contributed by atoms with Crippen molar-refractivity contribution < 1.29 is 9.21 Å². The van der Waals surface area contributed by atoms with E-state index in [9.17, 15) is 9.59 Å². The lowest BCUT2D eigenvalue weighted by molar-refractivity contribution is -0.114. The number of aromatic nitrogens is 1. The fourth-order valence-corrected chi connectivity index (χ4v) is 5.40. The summed E-state index contributed by atoms with van der Waals surface area (Å²) in [6, 6.07) is 20.7. The molecule has 0 spiro atoms. The summed E-state index contributed by atoms with van der Waals surface area (Å²) in [5.41, 5.74) is 2.80. The lowest BCUT2D eigenvalue weighted by Crippen LogP contribution is -2.39. The molecule has 0 radical (unpaired) electrons. The van der Waals surface area contributed by atoms with Crippen molar-refractivity contribution in [2.75, 3.05) is 0 Å². The molecule has 5 rings (SSSR count). The van der Waals surface area contributed by atoms with Crippen LogP contribution in [0.2, 0.25) is 0 Å². The van der Waals surface area contributed by atoms with Crippen molar-refractivity contribution in [3.63, 3.8) is 0 Å². The number of thiazole rings is 1. The number of benzene rings is 2. The summed E-state index contributed by atoms with van der Waals surface area (Å²) in [7, 11) is 0. The van der Waals surface area contributed by atoms with Gasteiger partial charge < -0.3 is 4.42 Å². The average Bonchev–Trinajstić information content (AvgIpc) is 3.44. The molecule has 0 bridgehead atoms. The number of hydrogen-bond acceptors (Lipinski definition) is 5. The van der Waals surface area contributed by atoms with Crippen LogP contribution in [-0.2, 0) is 4.79 Å². The minimum absolute atomic E-state index is 0.143. The molecular formula is C28H21BrN2O3S. The van der Waals surface area contributed by atoms with E-state index in [4.69, 9.17) is 4.42 Å². The molecule has 0 N–H and O–H groups in total. The van der Waals surface area contributed by atoms with E-state index >= 15 is 0 Å². The molecule has 0 unspecified atom stereocenters. The second-order valence-electron chi connectivity index (χ2n) is 8.14. The van der Waals surface area contributed by atoms with Gasteiger partial charge in [0.15, 0.2) is 10.6 Å². The summed E-state index contributed by atoms with van der Waals surface area (Å²) in [5, 5.41) is 0. The predicted octanol–water partition coefficient (Wildman–Crippen LogP) is 5.51. The molecular weight excluding hydrogens is 524 g/mol. The minimum atomic E-state index is -0.673. The van der Waals surface area contributed by atoms with Crippen LogP contribution >= 0.6 is 27.3 Å². The summed E-state index contributed by atoms with van der Waals surface area (Å²) < 4.78 is 9.30. The molecule has 2 aromatic carbocycles. The van der Waals surface area contributed by atoms with Crippen LogP contribution in [0.15, 0.2) is 103 Å². The third-order valence-corrected chi connectivity index (χ3v) is 7.29. The van der Waals surface area contributed by atoms with Crippen molar-refractivity contribution in [1.29, 1.82) is 0 Å². The number of Topliss-reactive ketones (excluding diaryl/α,β-unsaturated/α-hetero) is 1. The van der Waals surface area contributed by atoms with Crippen molar-refractivity contribution in [2.24, 2.45) is 4.99 Å². The van der Waals surface area contributed by atoms with E-state index in [2.05, 4.69) is 20.9 Å². The SMILES string of the molecule is CC(=O)C1=C(C)N=c2s/c(=C/C=C/c3ccccc3)c(=O)n2[C@@H]1c1ccc(-c2ccc(Br)cc2)o1. The first-order valence-electron chi connectivity index (χ1n) is 11.0. The van der Waals surface area contributed by atoms with E-state index in [0.717, 1.165) is 15.6 Å². The van der Waals surface area contributed by atoms with E-state index in [1.165, 1.54) is 18.3 Å². The van der Waals surface area contributed by atoms with Crippen molar-refractivity contribution in [1.82, 2.24) is 4.57 Å². The summed E-state index contributed by atoms with van der Waals surface area (Å²) in [4.78, 5) is 31.3. The monoisotopic (exact) mass is 544 g/mol. The quantitative estimate of drug-likeness (QED) is 0.332. The lowest BCUT2D eigenvalue weighted by atomic mass is 9.98. The standard InChI is InChI=1S/C28H21BrN2O3S/c1-17-25(18(2)32)26(23-16-15-22(34-23)20-11-13-21(29)14-12-20)31-27(33)24(35-28(31)30-17)10-6-9-19-7-4-3-5-8-19/h3-16,26H,1-2H3/b9-6+,24-10+/t26-/m1/s1. The van der Waals surface area contributed by atoms with E-state index in [0.29, 0.717) is 32.1 Å². The normalized spacial score (nSPS) is 16.0. The fraction of sp³-hybridized carbons (Fsp3) is 0.107. The first-order valence-corrected chi connectivity index (χ1v) is 12.6. The Balaban J connectivity index is 1.61. The van der Waals surface area contributed by atoms with Crippen molar-refractivity contribution in [3.05, 3.63) is 120 Å². The lowest BCUT2D eigenvalue weighted by Gasteiger charge is -2.22. The third kappa shape index (κ3) is 4.57. The van der Waals surface area contributed by atoms with Gasteiger partial charge in [-0.1, -0.05) is 81.9 Å². The van der Waals surface area contributed by atoms with Gasteiger partial charge in [0.05, 0.1) is 4.53 Å². The van der Waals surface area contributed by atoms with E-state index in [1.807, 2.05) is 78.9 Å². The molecule has 35 heavy (non-hydrogen) atoms. The number of hydrogen-bond donors (Lipinski definition) is 0. The van der Waals surface area contributed by atoms with Crippen LogP contribution < -0.4 is 14.9 Å². The Bertz CT molecular complexity index is 1660. The number of allylic oxidation sites excluding steroid dienone is 3. The summed E-state index contributed by atoms with van der Waals surface area (Å²) >= 11 is 4.75. The van der Waals surface area contributed by atoms with Crippen molar-refractivity contribution >= 4 is 45.2 Å². The van der Waals surface area contributed by atoms with Gasteiger partial charge in [0.25, 0.3) is 5.56 Å². The molecule has 5 nitrogen and oxygen atoms in total. The maximum Gasteiger partial charge on any atom is 0.271 e. The number of carbonyl (C=O) groups is 1. The molecule has 1 aliphatic heterocycles. The Labute approximate surface area is 214 Å². The topological polar surface area (TPSA) is 64.6 Å². The van der Waals surface area contributed by atoms with Gasteiger partial charge in [-0.25, -0.2) is 4.99 Å². The molecule has 4 aromatic rings. The first kappa shape index (κ1) is 23.2. The molecule has 0 amide bonds. The number of rotatable bonds is 5. The number of nitrogens with zero attached hydrogens (tertiary/aromatic N) is 2. The van der Waals surface area contributed by atoms with Gasteiger partial charge in [-0.15, -0.1) is 0 Å². The number of ketones is 1. The Morgan fingerprint density at radius 2 is 1.83 bits per heavy atom. The molecule has 174 valence electrons. The van der Waals surface area contributed by atoms with Crippen LogP contribution in [-0.4, -0.2) is 10.4 Å². The van der Waals surface area contributed by atoms with Gasteiger partial charge in [-0.3, -0.25) is 14.2 Å². The molecule has 0 aliphatic carbocycles. The zero-order valence-corrected chi connectivity index (χ0v) is 21.5. The smallest absolute Gasteiger partial charge is 0.271 e. The van der Waals surface area contributed by atoms with Crippen molar-refractivity contribution in [3.8, 4) is 11.3 Å². The second-order valence-corrected chi connectivity index (χ2v) is 10.1. The second kappa shape index (κ2) is 9.60. The van der Waals surface area contributed by atoms with Gasteiger partial charge in [0, 0.05) is 21.3 Å². The van der Waals surface area contributed by atoms with E-state index in [-0.39, 0.29) is 11.3 Å². The van der Waals surface area contributed by atoms with Gasteiger partial charge >= 0.3 is 0 Å². The van der Waals surface area contributed by atoms with E-state index in [1.54, 1.807) is 17.6 Å². The predicted molar refractivity (Wildman–Crippen MR) is 143 cm³/mol. The largest absolute Gasteiger partial charge is 0.458 e. The number of carbonyl (C=O) groups excluding carboxylic acids is 1. The summed E-state index contributed by atoms with van der Waals surface area (Å²) in [6.07, 6.45) is 5.59. The Morgan fingerprint density at radius 3 is 2.54 bits per heavy atom. The Kier molecular flexibility index (Phi) is 6.36. The zero-order chi connectivity index (χ0) is 24.5. The van der Waals surface area contributed by atoms with Crippen LogP contribution in [0, 0.1) is 0 Å². The van der Waals surface area contributed by atoms with Crippen LogP contribution in [0.1, 0.15) is 31.2 Å². The van der Waals surface area contributed by atoms with Crippen LogP contribution in [0.4, 0.5) is 0 Å². The first-order chi connectivity index (χ1) is 16.9. The number of furan rings is 1. The van der Waals surface area contributed by atoms with Crippen LogP contribution in [0.25, 0.3) is 23.5 Å². The molecule has 3 heterocycles. The highest BCUT2D eigenvalue weighted by Gasteiger charge is 2.32. The molecule has 0 saturated heterocycles. The van der Waals surface area contributed by atoms with E-state index < -0.39 is 6.04 Å². The Morgan fingerprint density at radius 1 is 1.09 bits per heavy atom. The third-order valence-electron chi connectivity index (χ3n) is 5.76. The number of halogens is 1. The number of fused-ring (bicyclic) bond motifs is 1. The molecule has 1 aliphatic rings. The molecule has 2 aromatic heterocycles. The van der Waals surface area contributed by atoms with Gasteiger partial charge in [0.2, 0.25) is 0 Å². The van der Waals surface area contributed by atoms with Gasteiger partial charge in [-0.2, -0.15) is 0 Å². The summed E-state index contributed by atoms with van der Waals surface area (Å²) in [6.45, 7) is 3.30. The molecule has 0 saturated carbocycles. The molecule has 0 fully saturated rings. The van der Waals surface area contributed by atoms with Gasteiger partial charge in [0.1, 0.15) is 17.6 Å². The zero-order valence-electron chi connectivity index (χ0n) is 19.1. The van der Waals surface area contributed by atoms with Gasteiger partial charge in [-0.05, 0) is 49.8 Å². The van der Waals surface area contributed by atoms with Crippen LogP contribution in [0.3, 0.4) is 0 Å². The minimum Gasteiger partial charge on any atom is -0.458 e. The highest BCUT2D eigenvalue weighted by atomic mass is 79.9. The Hall–Kier alpha value is -3.55. The molecule has 7 heteroatoms. The van der Waals surface area contributed by atoms with Crippen molar-refractivity contribution in [2.45, 2.75) is 19.9 Å². The maximum atomic E-state index is 13.5. The average molecular weight is 545 g/mol. The fourth-order valence-electron chi connectivity index (χ4n) is 4.13. The van der Waals surface area contributed by atoms with Crippen LogP contribution in [0.5, 0.6) is 0 Å². The highest BCUT2D eigenvalue weighted by molar-refractivity contribution is 9.10. The highest BCUT2D eigenvalue weighted by Crippen LogP contribution is 2.34. The molecule has 1 atom stereocenters. The summed E-state index contributed by atoms with van der Waals surface area (Å²) in [5.74, 6) is 1.05.